The topological polar surface area (TPSA) is 79.9 Å². The summed E-state index contributed by atoms with van der Waals surface area (Å²) >= 11 is 0. The molecule has 2 N–H and O–H groups in total. The summed E-state index contributed by atoms with van der Waals surface area (Å²) in [5.41, 5.74) is 2.54. The maximum absolute atomic E-state index is 12.0. The molecule has 2 aromatic carbocycles. The molecule has 1 heterocycles. The van der Waals surface area contributed by atoms with Crippen molar-refractivity contribution in [2.75, 3.05) is 26.0 Å². The molecule has 0 aliphatic carbocycles. The summed E-state index contributed by atoms with van der Waals surface area (Å²) in [6.07, 6.45) is -0.597. The first-order chi connectivity index (χ1) is 12.5. The van der Waals surface area contributed by atoms with E-state index in [2.05, 4.69) is 10.6 Å². The van der Waals surface area contributed by atoms with E-state index >= 15 is 0 Å². The largest absolute Gasteiger partial charge is 0.497 e. The molecule has 1 atom stereocenters. The Balaban J connectivity index is 1.50. The van der Waals surface area contributed by atoms with Gasteiger partial charge >= 0.3 is 12.1 Å². The molecule has 1 aliphatic heterocycles. The number of nitrogens with one attached hydrogen (secondary N) is 2. The van der Waals surface area contributed by atoms with Gasteiger partial charge < -0.3 is 25.0 Å². The number of methoxy groups -OCH3 is 1. The van der Waals surface area contributed by atoms with Gasteiger partial charge in [-0.15, -0.1) is 0 Å². The van der Waals surface area contributed by atoms with Crippen LogP contribution in [-0.4, -0.2) is 37.7 Å². The number of carbonyl (C=O) groups excluding carboxylic acids is 2. The number of carbonyl (C=O) groups is 2. The van der Waals surface area contributed by atoms with Crippen LogP contribution >= 0.6 is 0 Å². The summed E-state index contributed by atoms with van der Waals surface area (Å²) in [7, 11) is 3.31. The molecule has 0 bridgehead atoms. The molecule has 3 rings (SSSR count). The molecular weight excluding hydrogens is 334 g/mol. The number of cyclic esters (lactones) is 1. The molecule has 26 heavy (non-hydrogen) atoms. The Bertz CT molecular complexity index is 774. The van der Waals surface area contributed by atoms with Gasteiger partial charge in [0.25, 0.3) is 0 Å². The lowest BCUT2D eigenvalue weighted by molar-refractivity contribution is 0.135. The minimum absolute atomic E-state index is 0.273. The highest BCUT2D eigenvalue weighted by atomic mass is 16.6. The number of hydrogen-bond acceptors (Lipinski definition) is 4. The summed E-state index contributed by atoms with van der Waals surface area (Å²) < 4.78 is 10.4. The maximum Gasteiger partial charge on any atom is 0.410 e. The van der Waals surface area contributed by atoms with E-state index < -0.39 is 0 Å². The van der Waals surface area contributed by atoms with Gasteiger partial charge in [-0.1, -0.05) is 24.3 Å². The molecular formula is C19H21N3O4. The van der Waals surface area contributed by atoms with Gasteiger partial charge in [-0.3, -0.25) is 0 Å². The molecule has 1 saturated heterocycles. The first-order valence-corrected chi connectivity index (χ1v) is 8.24. The van der Waals surface area contributed by atoms with Crippen LogP contribution in [-0.2, 0) is 11.3 Å². The third kappa shape index (κ3) is 4.24. The van der Waals surface area contributed by atoms with Crippen LogP contribution in [0.1, 0.15) is 17.2 Å². The summed E-state index contributed by atoms with van der Waals surface area (Å²) in [6, 6.07) is 14.5. The standard InChI is InChI=1S/C19H21N3O4/c1-22-12-17(26-19(22)24)14-5-7-15(8-6-14)21-18(23)20-11-13-3-9-16(25-2)10-4-13/h3-10,17H,11-12H2,1-2H3,(H2,20,21,23). The number of likely N-dealkylation sites (N-methyl/N-ethyl adjacent to an activating group) is 1. The van der Waals surface area contributed by atoms with E-state index in [9.17, 15) is 9.59 Å². The second kappa shape index (κ2) is 7.77. The Hall–Kier alpha value is -3.22. The van der Waals surface area contributed by atoms with Crippen LogP contribution < -0.4 is 15.4 Å². The Morgan fingerprint density at radius 2 is 1.88 bits per heavy atom. The Morgan fingerprint density at radius 1 is 1.19 bits per heavy atom. The predicted octanol–water partition coefficient (Wildman–Crippen LogP) is 3.14. The molecule has 0 radical (unpaired) electrons. The number of amides is 3. The van der Waals surface area contributed by atoms with Crippen LogP contribution in [0.15, 0.2) is 48.5 Å². The fourth-order valence-corrected chi connectivity index (χ4v) is 2.63. The van der Waals surface area contributed by atoms with Crippen LogP contribution in [0.25, 0.3) is 0 Å². The second-order valence-electron chi connectivity index (χ2n) is 6.03. The van der Waals surface area contributed by atoms with Gasteiger partial charge in [0.1, 0.15) is 11.9 Å². The lowest BCUT2D eigenvalue weighted by atomic mass is 10.1. The van der Waals surface area contributed by atoms with Crippen LogP contribution in [0.2, 0.25) is 0 Å². The molecule has 1 unspecified atom stereocenters. The number of benzene rings is 2. The van der Waals surface area contributed by atoms with E-state index in [1.807, 2.05) is 36.4 Å². The number of anilines is 1. The normalized spacial score (nSPS) is 16.2. The van der Waals surface area contributed by atoms with Crippen LogP contribution in [0.3, 0.4) is 0 Å². The first kappa shape index (κ1) is 17.6. The smallest absolute Gasteiger partial charge is 0.410 e. The molecule has 1 aliphatic rings. The van der Waals surface area contributed by atoms with Crippen molar-refractivity contribution >= 4 is 17.8 Å². The van der Waals surface area contributed by atoms with Gasteiger partial charge in [0, 0.05) is 19.3 Å². The minimum atomic E-state index is -0.324. The molecule has 7 nitrogen and oxygen atoms in total. The van der Waals surface area contributed by atoms with E-state index in [1.54, 1.807) is 26.3 Å². The van der Waals surface area contributed by atoms with Gasteiger partial charge in [-0.2, -0.15) is 0 Å². The zero-order valence-corrected chi connectivity index (χ0v) is 14.7. The number of ether oxygens (including phenoxy) is 2. The van der Waals surface area contributed by atoms with Crippen molar-refractivity contribution in [3.63, 3.8) is 0 Å². The monoisotopic (exact) mass is 355 g/mol. The Labute approximate surface area is 151 Å². The van der Waals surface area contributed by atoms with Gasteiger partial charge in [0.05, 0.1) is 13.7 Å². The zero-order chi connectivity index (χ0) is 18.5. The molecule has 0 aromatic heterocycles. The van der Waals surface area contributed by atoms with Gasteiger partial charge in [-0.25, -0.2) is 9.59 Å². The van der Waals surface area contributed by atoms with E-state index in [1.165, 1.54) is 4.90 Å². The van der Waals surface area contributed by atoms with Crippen molar-refractivity contribution in [1.29, 1.82) is 0 Å². The summed E-state index contributed by atoms with van der Waals surface area (Å²) in [6.45, 7) is 0.937. The highest BCUT2D eigenvalue weighted by Crippen LogP contribution is 2.26. The number of rotatable bonds is 5. The summed E-state index contributed by atoms with van der Waals surface area (Å²) in [4.78, 5) is 25.0. The Kier molecular flexibility index (Phi) is 5.26. The van der Waals surface area contributed by atoms with E-state index in [4.69, 9.17) is 9.47 Å². The fraction of sp³-hybridized carbons (Fsp3) is 0.263. The average molecular weight is 355 g/mol. The second-order valence-corrected chi connectivity index (χ2v) is 6.03. The average Bonchev–Trinajstić information content (AvgIpc) is 3.00. The maximum atomic E-state index is 12.0. The lowest BCUT2D eigenvalue weighted by Crippen LogP contribution is -2.28. The molecule has 0 spiro atoms. The number of nitrogens with zero attached hydrogens (tertiary/aromatic N) is 1. The van der Waals surface area contributed by atoms with Crippen LogP contribution in [0.4, 0.5) is 15.3 Å². The molecule has 1 fully saturated rings. The minimum Gasteiger partial charge on any atom is -0.497 e. The zero-order valence-electron chi connectivity index (χ0n) is 14.7. The lowest BCUT2D eigenvalue weighted by Gasteiger charge is -2.11. The third-order valence-corrected chi connectivity index (χ3v) is 4.15. The highest BCUT2D eigenvalue weighted by Gasteiger charge is 2.29. The van der Waals surface area contributed by atoms with Crippen molar-refractivity contribution in [3.8, 4) is 5.75 Å². The van der Waals surface area contributed by atoms with Crippen molar-refractivity contribution in [3.05, 3.63) is 59.7 Å². The number of urea groups is 1. The molecule has 136 valence electrons. The Morgan fingerprint density at radius 3 is 2.46 bits per heavy atom. The molecule has 2 aromatic rings. The van der Waals surface area contributed by atoms with Gasteiger partial charge in [0.15, 0.2) is 0 Å². The van der Waals surface area contributed by atoms with Crippen LogP contribution in [0.5, 0.6) is 5.75 Å². The quantitative estimate of drug-likeness (QED) is 0.863. The van der Waals surface area contributed by atoms with E-state index in [0.29, 0.717) is 18.8 Å². The molecule has 0 saturated carbocycles. The third-order valence-electron chi connectivity index (χ3n) is 4.15. The van der Waals surface area contributed by atoms with Crippen molar-refractivity contribution < 1.29 is 19.1 Å². The molecule has 3 amide bonds. The van der Waals surface area contributed by atoms with Crippen molar-refractivity contribution in [2.24, 2.45) is 0 Å². The van der Waals surface area contributed by atoms with Crippen molar-refractivity contribution in [1.82, 2.24) is 10.2 Å². The first-order valence-electron chi connectivity index (χ1n) is 8.24. The predicted molar refractivity (Wildman–Crippen MR) is 97.1 cm³/mol. The van der Waals surface area contributed by atoms with Crippen molar-refractivity contribution in [2.45, 2.75) is 12.6 Å². The van der Waals surface area contributed by atoms with E-state index in [-0.39, 0.29) is 18.2 Å². The van der Waals surface area contributed by atoms with Crippen LogP contribution in [0, 0.1) is 0 Å². The van der Waals surface area contributed by atoms with Gasteiger partial charge in [-0.05, 0) is 35.4 Å². The van der Waals surface area contributed by atoms with Gasteiger partial charge in [0.2, 0.25) is 0 Å². The fourth-order valence-electron chi connectivity index (χ4n) is 2.63. The highest BCUT2D eigenvalue weighted by molar-refractivity contribution is 5.89. The SMILES string of the molecule is COc1ccc(CNC(=O)Nc2ccc(C3CN(C)C(=O)O3)cc2)cc1. The summed E-state index contributed by atoms with van der Waals surface area (Å²) in [5.74, 6) is 0.775. The molecule has 7 heteroatoms. The van der Waals surface area contributed by atoms with E-state index in [0.717, 1.165) is 16.9 Å². The summed E-state index contributed by atoms with van der Waals surface area (Å²) in [5, 5.41) is 5.58. The number of hydrogen-bond donors (Lipinski definition) is 2.